The molecular weight excluding hydrogens is 336 g/mol. The van der Waals surface area contributed by atoms with E-state index in [1.54, 1.807) is 39.0 Å². The van der Waals surface area contributed by atoms with Crippen molar-refractivity contribution in [2.24, 2.45) is 11.3 Å². The monoisotopic (exact) mass is 356 g/mol. The van der Waals surface area contributed by atoms with Crippen molar-refractivity contribution < 1.29 is 28.7 Å². The van der Waals surface area contributed by atoms with E-state index < -0.39 is 40.1 Å². The summed E-state index contributed by atoms with van der Waals surface area (Å²) >= 11 is 0. The Morgan fingerprint density at radius 1 is 1.08 bits per heavy atom. The maximum atomic E-state index is 12.9. The van der Waals surface area contributed by atoms with Crippen LogP contribution in [0.2, 0.25) is 0 Å². The molecule has 1 aromatic carbocycles. The number of allylic oxidation sites excluding steroid dienone is 1. The average molecular weight is 356 g/mol. The number of rotatable bonds is 2. The SMILES string of the molecule is COC(=O)C1=C[C@@]2(C)c3cc(OC)ccc3C(=O)C(=O)C2C(C)(C)C1=O. The molecule has 2 atom stereocenters. The van der Waals surface area contributed by atoms with Crippen LogP contribution in [0.15, 0.2) is 29.8 Å². The second-order valence-electron chi connectivity index (χ2n) is 7.42. The first kappa shape index (κ1) is 18.0. The number of methoxy groups -OCH3 is 2. The molecule has 0 aliphatic heterocycles. The maximum absolute atomic E-state index is 12.9. The molecule has 3 rings (SSSR count). The number of benzene rings is 1. The number of fused-ring (bicyclic) bond motifs is 3. The fraction of sp³-hybridized carbons (Fsp3) is 0.400. The highest BCUT2D eigenvalue weighted by Crippen LogP contribution is 2.53. The number of Topliss-reactive ketones (excluding diaryl/α,β-unsaturated/α-hetero) is 3. The number of ether oxygens (including phenoxy) is 2. The lowest BCUT2D eigenvalue weighted by atomic mass is 9.50. The third kappa shape index (κ3) is 2.18. The molecule has 1 unspecified atom stereocenters. The highest BCUT2D eigenvalue weighted by Gasteiger charge is 2.60. The van der Waals surface area contributed by atoms with Crippen LogP contribution in [0.4, 0.5) is 0 Å². The Kier molecular flexibility index (Phi) is 3.90. The van der Waals surface area contributed by atoms with Gasteiger partial charge in [-0.2, -0.15) is 0 Å². The summed E-state index contributed by atoms with van der Waals surface area (Å²) in [6, 6.07) is 4.84. The molecule has 26 heavy (non-hydrogen) atoms. The minimum absolute atomic E-state index is 0.104. The summed E-state index contributed by atoms with van der Waals surface area (Å²) in [6.45, 7) is 4.94. The summed E-state index contributed by atoms with van der Waals surface area (Å²) in [5.41, 5.74) is -1.53. The van der Waals surface area contributed by atoms with Crippen molar-refractivity contribution in [2.75, 3.05) is 14.2 Å². The van der Waals surface area contributed by atoms with Crippen molar-refractivity contribution in [1.29, 1.82) is 0 Å². The molecule has 0 amide bonds. The molecule has 2 aliphatic rings. The lowest BCUT2D eigenvalue weighted by Crippen LogP contribution is -2.57. The van der Waals surface area contributed by atoms with Crippen molar-refractivity contribution in [2.45, 2.75) is 26.2 Å². The van der Waals surface area contributed by atoms with Gasteiger partial charge in [0.1, 0.15) is 11.3 Å². The van der Waals surface area contributed by atoms with Crippen LogP contribution in [0.25, 0.3) is 0 Å². The van der Waals surface area contributed by atoms with E-state index in [4.69, 9.17) is 9.47 Å². The number of hydrogen-bond acceptors (Lipinski definition) is 6. The van der Waals surface area contributed by atoms with Crippen LogP contribution < -0.4 is 4.74 Å². The lowest BCUT2D eigenvalue weighted by molar-refractivity contribution is -0.144. The van der Waals surface area contributed by atoms with Gasteiger partial charge in [0.05, 0.1) is 20.1 Å². The number of ketones is 3. The van der Waals surface area contributed by atoms with Crippen LogP contribution in [0.5, 0.6) is 5.75 Å². The number of hydrogen-bond donors (Lipinski definition) is 0. The minimum Gasteiger partial charge on any atom is -0.497 e. The van der Waals surface area contributed by atoms with Crippen molar-refractivity contribution in [3.05, 3.63) is 41.0 Å². The molecule has 0 N–H and O–H groups in total. The Balaban J connectivity index is 2.39. The summed E-state index contributed by atoms with van der Waals surface area (Å²) in [5.74, 6) is -2.89. The van der Waals surface area contributed by atoms with Gasteiger partial charge < -0.3 is 9.47 Å². The van der Waals surface area contributed by atoms with Gasteiger partial charge in [-0.25, -0.2) is 4.79 Å². The topological polar surface area (TPSA) is 86.7 Å². The van der Waals surface area contributed by atoms with E-state index in [1.807, 2.05) is 0 Å². The summed E-state index contributed by atoms with van der Waals surface area (Å²) in [6.07, 6.45) is 1.47. The molecule has 2 aliphatic carbocycles. The van der Waals surface area contributed by atoms with Crippen LogP contribution in [0.3, 0.4) is 0 Å². The van der Waals surface area contributed by atoms with Crippen LogP contribution in [0, 0.1) is 11.3 Å². The zero-order chi connectivity index (χ0) is 19.4. The normalized spacial score (nSPS) is 26.6. The molecule has 0 radical (unpaired) electrons. The first-order chi connectivity index (χ1) is 12.1. The lowest BCUT2D eigenvalue weighted by Gasteiger charge is -2.49. The summed E-state index contributed by atoms with van der Waals surface area (Å²) in [7, 11) is 2.70. The van der Waals surface area contributed by atoms with Gasteiger partial charge in [0, 0.05) is 16.4 Å². The smallest absolute Gasteiger partial charge is 0.341 e. The molecule has 0 heterocycles. The molecule has 6 nitrogen and oxygen atoms in total. The standard InChI is InChI=1S/C20H20O6/c1-19(2)16-15(22)14(21)11-7-6-10(25-4)8-13(11)20(16,3)9-12(17(19)23)18(24)26-5/h6-9,16H,1-5H3/t16?,20-/m0/s1. The Morgan fingerprint density at radius 2 is 1.73 bits per heavy atom. The molecule has 0 aromatic heterocycles. The first-order valence-electron chi connectivity index (χ1n) is 8.22. The average Bonchev–Trinajstić information content (AvgIpc) is 2.61. The van der Waals surface area contributed by atoms with Crippen LogP contribution in [-0.2, 0) is 24.5 Å². The van der Waals surface area contributed by atoms with E-state index in [-0.39, 0.29) is 11.1 Å². The predicted molar refractivity (Wildman–Crippen MR) is 92.1 cm³/mol. The minimum atomic E-state index is -1.24. The van der Waals surface area contributed by atoms with E-state index >= 15 is 0 Å². The van der Waals surface area contributed by atoms with Crippen LogP contribution in [-0.4, -0.2) is 37.5 Å². The molecule has 0 saturated heterocycles. The fourth-order valence-electron chi connectivity index (χ4n) is 4.33. The van der Waals surface area contributed by atoms with E-state index in [9.17, 15) is 19.2 Å². The second kappa shape index (κ2) is 5.62. The predicted octanol–water partition coefficient (Wildman–Crippen LogP) is 2.04. The number of carbonyl (C=O) groups excluding carboxylic acids is 4. The van der Waals surface area contributed by atoms with Crippen molar-refractivity contribution >= 4 is 23.3 Å². The molecule has 0 spiro atoms. The van der Waals surface area contributed by atoms with E-state index in [2.05, 4.69) is 0 Å². The first-order valence-corrected chi connectivity index (χ1v) is 8.22. The summed E-state index contributed by atoms with van der Waals surface area (Å²) < 4.78 is 10.0. The van der Waals surface area contributed by atoms with Crippen molar-refractivity contribution in [3.8, 4) is 5.75 Å². The Bertz CT molecular complexity index is 892. The quantitative estimate of drug-likeness (QED) is 0.458. The fourth-order valence-corrected chi connectivity index (χ4v) is 4.33. The number of carbonyl (C=O) groups is 4. The van der Waals surface area contributed by atoms with E-state index in [0.29, 0.717) is 11.3 Å². The zero-order valence-corrected chi connectivity index (χ0v) is 15.3. The molecule has 0 saturated carbocycles. The largest absolute Gasteiger partial charge is 0.497 e. The molecule has 0 bridgehead atoms. The highest BCUT2D eigenvalue weighted by molar-refractivity contribution is 6.47. The maximum Gasteiger partial charge on any atom is 0.341 e. The molecule has 0 fully saturated rings. The Hall–Kier alpha value is -2.76. The van der Waals surface area contributed by atoms with Gasteiger partial charge in [0.25, 0.3) is 0 Å². The van der Waals surface area contributed by atoms with E-state index in [0.717, 1.165) is 0 Å². The van der Waals surface area contributed by atoms with Crippen molar-refractivity contribution in [1.82, 2.24) is 0 Å². The zero-order valence-electron chi connectivity index (χ0n) is 15.3. The van der Waals surface area contributed by atoms with Gasteiger partial charge in [-0.15, -0.1) is 0 Å². The Morgan fingerprint density at radius 3 is 2.31 bits per heavy atom. The van der Waals surface area contributed by atoms with Gasteiger partial charge in [0.2, 0.25) is 11.6 Å². The van der Waals surface area contributed by atoms with Gasteiger partial charge >= 0.3 is 5.97 Å². The van der Waals surface area contributed by atoms with Crippen LogP contribution in [0.1, 0.15) is 36.7 Å². The number of esters is 1. The third-order valence-electron chi connectivity index (χ3n) is 5.54. The summed E-state index contributed by atoms with van der Waals surface area (Å²) in [4.78, 5) is 50.6. The van der Waals surface area contributed by atoms with Crippen molar-refractivity contribution in [3.63, 3.8) is 0 Å². The molecule has 6 heteroatoms. The second-order valence-corrected chi connectivity index (χ2v) is 7.42. The highest BCUT2D eigenvalue weighted by atomic mass is 16.5. The van der Waals surface area contributed by atoms with Gasteiger partial charge in [0.15, 0.2) is 5.78 Å². The van der Waals surface area contributed by atoms with E-state index in [1.165, 1.54) is 20.3 Å². The molecule has 136 valence electrons. The molecular formula is C20H20O6. The van der Waals surface area contributed by atoms with Gasteiger partial charge in [-0.1, -0.05) is 26.8 Å². The van der Waals surface area contributed by atoms with Gasteiger partial charge in [-0.05, 0) is 23.8 Å². The molecule has 1 aromatic rings. The third-order valence-corrected chi connectivity index (χ3v) is 5.54. The Labute approximate surface area is 151 Å². The van der Waals surface area contributed by atoms with Gasteiger partial charge in [-0.3, -0.25) is 14.4 Å². The van der Waals surface area contributed by atoms with Crippen LogP contribution >= 0.6 is 0 Å². The summed E-state index contributed by atoms with van der Waals surface area (Å²) in [5, 5.41) is 0.